The highest BCUT2D eigenvalue weighted by molar-refractivity contribution is 6.45. The molecule has 6 heteroatoms. The number of carbonyl (C=O) groups excluding carboxylic acids is 2. The van der Waals surface area contributed by atoms with Gasteiger partial charge in [-0.15, -0.1) is 0 Å². The van der Waals surface area contributed by atoms with Gasteiger partial charge in [0, 0.05) is 13.1 Å². The number of hydrogen-bond acceptors (Lipinski definition) is 4. The molecule has 0 radical (unpaired) electrons. The van der Waals surface area contributed by atoms with Crippen molar-refractivity contribution in [3.8, 4) is 5.75 Å². The lowest BCUT2D eigenvalue weighted by Crippen LogP contribution is -2.37. The molecule has 0 bridgehead atoms. The van der Waals surface area contributed by atoms with Gasteiger partial charge < -0.3 is 9.64 Å². The SMILES string of the molecule is CCOc1ccc(C2=C(N3CCc4ccccc4C3)C(=O)N(c3cccc(F)c3)C2=O)cc1. The van der Waals surface area contributed by atoms with E-state index in [2.05, 4.69) is 6.07 Å². The molecule has 2 heterocycles. The van der Waals surface area contributed by atoms with Gasteiger partial charge in [-0.05, 0) is 60.4 Å². The molecule has 0 spiro atoms. The first-order valence-electron chi connectivity index (χ1n) is 11.0. The highest BCUT2D eigenvalue weighted by Crippen LogP contribution is 2.37. The summed E-state index contributed by atoms with van der Waals surface area (Å²) in [6, 6.07) is 20.9. The predicted molar refractivity (Wildman–Crippen MR) is 124 cm³/mol. The summed E-state index contributed by atoms with van der Waals surface area (Å²) in [5.74, 6) is -0.706. The lowest BCUT2D eigenvalue weighted by molar-refractivity contribution is -0.120. The van der Waals surface area contributed by atoms with Crippen LogP contribution in [0.2, 0.25) is 0 Å². The van der Waals surface area contributed by atoms with Crippen molar-refractivity contribution in [2.75, 3.05) is 18.1 Å². The van der Waals surface area contributed by atoms with E-state index in [4.69, 9.17) is 4.74 Å². The van der Waals surface area contributed by atoms with Gasteiger partial charge >= 0.3 is 0 Å². The fourth-order valence-corrected chi connectivity index (χ4v) is 4.49. The van der Waals surface area contributed by atoms with Crippen LogP contribution in [0.3, 0.4) is 0 Å². The standard InChI is InChI=1S/C27H23FN2O3/c1-2-33-23-12-10-19(11-13-23)24-25(29-15-14-18-6-3-4-7-20(18)17-29)27(32)30(26(24)31)22-9-5-8-21(28)16-22/h3-13,16H,2,14-15,17H2,1H3. The maximum Gasteiger partial charge on any atom is 0.282 e. The van der Waals surface area contributed by atoms with Crippen LogP contribution in [0.1, 0.15) is 23.6 Å². The Hall–Kier alpha value is -3.93. The van der Waals surface area contributed by atoms with Gasteiger partial charge in [-0.3, -0.25) is 9.59 Å². The van der Waals surface area contributed by atoms with Crippen molar-refractivity contribution < 1.29 is 18.7 Å². The van der Waals surface area contributed by atoms with Gasteiger partial charge in [0.15, 0.2) is 0 Å². The van der Waals surface area contributed by atoms with Crippen LogP contribution in [0, 0.1) is 5.82 Å². The molecule has 0 atom stereocenters. The number of nitrogens with zero attached hydrogens (tertiary/aromatic N) is 2. The summed E-state index contributed by atoms with van der Waals surface area (Å²) in [7, 11) is 0. The van der Waals surface area contributed by atoms with Crippen molar-refractivity contribution in [1.82, 2.24) is 4.90 Å². The third kappa shape index (κ3) is 3.78. The summed E-state index contributed by atoms with van der Waals surface area (Å²) < 4.78 is 19.5. The normalized spacial score (nSPS) is 15.8. The summed E-state index contributed by atoms with van der Waals surface area (Å²) in [6.45, 7) is 3.58. The minimum atomic E-state index is -0.504. The third-order valence-electron chi connectivity index (χ3n) is 6.03. The number of halogens is 1. The number of hydrogen-bond donors (Lipinski definition) is 0. The molecule has 2 aliphatic heterocycles. The minimum Gasteiger partial charge on any atom is -0.494 e. The summed E-state index contributed by atoms with van der Waals surface area (Å²) in [6.07, 6.45) is 0.775. The smallest absolute Gasteiger partial charge is 0.282 e. The largest absolute Gasteiger partial charge is 0.494 e. The Morgan fingerprint density at radius 1 is 0.909 bits per heavy atom. The van der Waals surface area contributed by atoms with Crippen LogP contribution in [0.25, 0.3) is 5.57 Å². The Labute approximate surface area is 191 Å². The van der Waals surface area contributed by atoms with Gasteiger partial charge in [0.05, 0.1) is 17.9 Å². The highest BCUT2D eigenvalue weighted by Gasteiger charge is 2.43. The zero-order valence-corrected chi connectivity index (χ0v) is 18.3. The number of imide groups is 1. The van der Waals surface area contributed by atoms with Gasteiger partial charge in [-0.2, -0.15) is 0 Å². The number of fused-ring (bicyclic) bond motifs is 1. The molecule has 5 nitrogen and oxygen atoms in total. The summed E-state index contributed by atoms with van der Waals surface area (Å²) >= 11 is 0. The van der Waals surface area contributed by atoms with E-state index >= 15 is 0 Å². The Morgan fingerprint density at radius 2 is 1.67 bits per heavy atom. The molecule has 0 N–H and O–H groups in total. The van der Waals surface area contributed by atoms with Crippen molar-refractivity contribution >= 4 is 23.1 Å². The van der Waals surface area contributed by atoms with Crippen molar-refractivity contribution in [2.45, 2.75) is 19.9 Å². The van der Waals surface area contributed by atoms with E-state index in [1.165, 1.54) is 23.8 Å². The monoisotopic (exact) mass is 442 g/mol. The molecular formula is C27H23FN2O3. The van der Waals surface area contributed by atoms with E-state index in [9.17, 15) is 14.0 Å². The van der Waals surface area contributed by atoms with Gasteiger partial charge in [-0.1, -0.05) is 42.5 Å². The molecule has 0 aromatic heterocycles. The molecule has 2 amide bonds. The fraction of sp³-hybridized carbons (Fsp3) is 0.185. The average molecular weight is 442 g/mol. The Morgan fingerprint density at radius 3 is 2.39 bits per heavy atom. The van der Waals surface area contributed by atoms with Crippen LogP contribution in [0.4, 0.5) is 10.1 Å². The van der Waals surface area contributed by atoms with Crippen LogP contribution in [0.15, 0.2) is 78.5 Å². The first-order chi connectivity index (χ1) is 16.1. The van der Waals surface area contributed by atoms with Gasteiger partial charge in [0.2, 0.25) is 0 Å². The van der Waals surface area contributed by atoms with E-state index < -0.39 is 17.6 Å². The Balaban J connectivity index is 1.60. The molecule has 0 saturated heterocycles. The first kappa shape index (κ1) is 20.9. The molecule has 33 heavy (non-hydrogen) atoms. The fourth-order valence-electron chi connectivity index (χ4n) is 4.49. The lowest BCUT2D eigenvalue weighted by atomic mass is 9.98. The van der Waals surface area contributed by atoms with Crippen molar-refractivity contribution in [2.24, 2.45) is 0 Å². The number of carbonyl (C=O) groups is 2. The molecule has 0 saturated carbocycles. The maximum atomic E-state index is 13.9. The topological polar surface area (TPSA) is 49.9 Å². The van der Waals surface area contributed by atoms with Gasteiger partial charge in [0.25, 0.3) is 11.8 Å². The Bertz CT molecular complexity index is 1270. The average Bonchev–Trinajstić information content (AvgIpc) is 3.09. The maximum absolute atomic E-state index is 13.9. The second-order valence-corrected chi connectivity index (χ2v) is 8.05. The molecule has 0 fully saturated rings. The number of rotatable bonds is 5. The lowest BCUT2D eigenvalue weighted by Gasteiger charge is -2.31. The highest BCUT2D eigenvalue weighted by atomic mass is 19.1. The van der Waals surface area contributed by atoms with E-state index in [1.807, 2.05) is 30.0 Å². The zero-order chi connectivity index (χ0) is 22.9. The summed E-state index contributed by atoms with van der Waals surface area (Å²) in [5.41, 5.74) is 3.91. The van der Waals surface area contributed by atoms with Gasteiger partial charge in [0.1, 0.15) is 17.3 Å². The van der Waals surface area contributed by atoms with E-state index in [0.717, 1.165) is 16.9 Å². The van der Waals surface area contributed by atoms with Crippen molar-refractivity contribution in [1.29, 1.82) is 0 Å². The van der Waals surface area contributed by atoms with E-state index in [1.54, 1.807) is 30.3 Å². The molecular weight excluding hydrogens is 419 g/mol. The Kier molecular flexibility index (Phi) is 5.42. The number of amides is 2. The van der Waals surface area contributed by atoms with Crippen LogP contribution < -0.4 is 9.64 Å². The van der Waals surface area contributed by atoms with Crippen molar-refractivity contribution in [3.05, 3.63) is 101 Å². The van der Waals surface area contributed by atoms with Crippen LogP contribution in [-0.4, -0.2) is 29.9 Å². The molecule has 3 aromatic rings. The van der Waals surface area contributed by atoms with Gasteiger partial charge in [-0.25, -0.2) is 9.29 Å². The van der Waals surface area contributed by atoms with Crippen molar-refractivity contribution in [3.63, 3.8) is 0 Å². The molecule has 5 rings (SSSR count). The predicted octanol–water partition coefficient (Wildman–Crippen LogP) is 4.57. The molecule has 0 unspecified atom stereocenters. The molecule has 2 aliphatic rings. The second kappa shape index (κ2) is 8.54. The number of ether oxygens (including phenoxy) is 1. The van der Waals surface area contributed by atoms with E-state index in [-0.39, 0.29) is 5.69 Å². The number of anilines is 1. The molecule has 3 aromatic carbocycles. The van der Waals surface area contributed by atoms with Crippen LogP contribution in [-0.2, 0) is 22.6 Å². The van der Waals surface area contributed by atoms with Crippen LogP contribution >= 0.6 is 0 Å². The summed E-state index contributed by atoms with van der Waals surface area (Å²) in [5, 5.41) is 0. The molecule has 166 valence electrons. The number of benzene rings is 3. The zero-order valence-electron chi connectivity index (χ0n) is 18.3. The third-order valence-corrected chi connectivity index (χ3v) is 6.03. The molecule has 0 aliphatic carbocycles. The first-order valence-corrected chi connectivity index (χ1v) is 11.0. The quantitative estimate of drug-likeness (QED) is 0.544. The second-order valence-electron chi connectivity index (χ2n) is 8.05. The van der Waals surface area contributed by atoms with Crippen LogP contribution in [0.5, 0.6) is 5.75 Å². The minimum absolute atomic E-state index is 0.223. The van der Waals surface area contributed by atoms with E-state index in [0.29, 0.717) is 42.3 Å². The summed E-state index contributed by atoms with van der Waals surface area (Å²) in [4.78, 5) is 30.3.